The van der Waals surface area contributed by atoms with Crippen LogP contribution in [0.3, 0.4) is 0 Å². The Bertz CT molecular complexity index is 1140. The van der Waals surface area contributed by atoms with Gasteiger partial charge in [-0.3, -0.25) is 14.9 Å². The Balaban J connectivity index is 1.73. The maximum absolute atomic E-state index is 12.7. The quantitative estimate of drug-likeness (QED) is 0.333. The summed E-state index contributed by atoms with van der Waals surface area (Å²) < 4.78 is 43.6. The first-order chi connectivity index (χ1) is 14.1. The molecule has 11 heteroatoms. The lowest BCUT2D eigenvalue weighted by Crippen LogP contribution is -2.18. The van der Waals surface area contributed by atoms with Crippen LogP contribution in [0.1, 0.15) is 21.7 Å². The van der Waals surface area contributed by atoms with Crippen molar-refractivity contribution in [2.45, 2.75) is 6.18 Å². The molecule has 0 aliphatic carbocycles. The van der Waals surface area contributed by atoms with Gasteiger partial charge in [0.15, 0.2) is 0 Å². The van der Waals surface area contributed by atoms with Gasteiger partial charge in [-0.05, 0) is 42.5 Å². The number of rotatable bonds is 5. The number of alkyl halides is 3. The van der Waals surface area contributed by atoms with Gasteiger partial charge in [0.25, 0.3) is 11.6 Å². The smallest absolute Gasteiger partial charge is 0.416 e. The maximum Gasteiger partial charge on any atom is 0.416 e. The molecule has 1 N–H and O–H groups in total. The second-order valence-electron chi connectivity index (χ2n) is 5.90. The SMILES string of the molecule is O=C(N/N=C/c1ccc(-c2ccc(Cl)cc2[N+](=O)[O-])o1)c1cccc(C(F)(F)F)c1. The lowest BCUT2D eigenvalue weighted by Gasteiger charge is -2.07. The van der Waals surface area contributed by atoms with Gasteiger partial charge < -0.3 is 4.42 Å². The van der Waals surface area contributed by atoms with Gasteiger partial charge in [0.1, 0.15) is 11.5 Å². The number of furan rings is 1. The van der Waals surface area contributed by atoms with Crippen LogP contribution in [0.5, 0.6) is 0 Å². The van der Waals surface area contributed by atoms with E-state index in [-0.39, 0.29) is 33.4 Å². The number of nitrogens with zero attached hydrogens (tertiary/aromatic N) is 2. The fraction of sp³-hybridized carbons (Fsp3) is 0.0526. The van der Waals surface area contributed by atoms with Gasteiger partial charge in [-0.25, -0.2) is 5.43 Å². The summed E-state index contributed by atoms with van der Waals surface area (Å²) in [6, 6.07) is 10.9. The second-order valence-corrected chi connectivity index (χ2v) is 6.33. The molecule has 1 aromatic heterocycles. The molecule has 0 aliphatic rings. The molecule has 1 heterocycles. The number of carbonyl (C=O) groups is 1. The first kappa shape index (κ1) is 21.1. The molecule has 0 saturated carbocycles. The topological polar surface area (TPSA) is 97.7 Å². The molecule has 0 atom stereocenters. The average Bonchev–Trinajstić information content (AvgIpc) is 3.16. The van der Waals surface area contributed by atoms with Crippen LogP contribution in [0.2, 0.25) is 5.02 Å². The van der Waals surface area contributed by atoms with Gasteiger partial charge in [-0.2, -0.15) is 18.3 Å². The normalized spacial score (nSPS) is 11.6. The highest BCUT2D eigenvalue weighted by atomic mass is 35.5. The minimum Gasteiger partial charge on any atom is -0.455 e. The van der Waals surface area contributed by atoms with Gasteiger partial charge in [0.05, 0.1) is 22.3 Å². The fourth-order valence-corrected chi connectivity index (χ4v) is 2.65. The predicted molar refractivity (Wildman–Crippen MR) is 102 cm³/mol. The molecule has 0 spiro atoms. The van der Waals surface area contributed by atoms with Crippen LogP contribution in [-0.4, -0.2) is 17.0 Å². The van der Waals surface area contributed by atoms with E-state index in [1.807, 2.05) is 0 Å². The van der Waals surface area contributed by atoms with Crippen LogP contribution in [0.15, 0.2) is 64.1 Å². The molecule has 0 radical (unpaired) electrons. The molecular formula is C19H11ClF3N3O4. The van der Waals surface area contributed by atoms with E-state index in [2.05, 4.69) is 10.5 Å². The Labute approximate surface area is 171 Å². The Morgan fingerprint density at radius 2 is 1.93 bits per heavy atom. The highest BCUT2D eigenvalue weighted by Gasteiger charge is 2.30. The first-order valence-electron chi connectivity index (χ1n) is 8.20. The lowest BCUT2D eigenvalue weighted by molar-refractivity contribution is -0.384. The summed E-state index contributed by atoms with van der Waals surface area (Å²) in [4.78, 5) is 22.6. The molecule has 2 aromatic carbocycles. The third kappa shape index (κ3) is 4.84. The van der Waals surface area contributed by atoms with E-state index in [1.54, 1.807) is 0 Å². The largest absolute Gasteiger partial charge is 0.455 e. The number of nitrogens with one attached hydrogen (secondary N) is 1. The van der Waals surface area contributed by atoms with Crippen molar-refractivity contribution in [3.05, 3.63) is 86.6 Å². The number of carbonyl (C=O) groups excluding carboxylic acids is 1. The zero-order valence-corrected chi connectivity index (χ0v) is 15.6. The summed E-state index contributed by atoms with van der Waals surface area (Å²) in [5.41, 5.74) is 0.848. The Kier molecular flexibility index (Phi) is 5.88. The van der Waals surface area contributed by atoms with Crippen molar-refractivity contribution in [3.63, 3.8) is 0 Å². The summed E-state index contributed by atoms with van der Waals surface area (Å²) in [6.45, 7) is 0. The lowest BCUT2D eigenvalue weighted by atomic mass is 10.1. The number of hydrogen-bond acceptors (Lipinski definition) is 5. The van der Waals surface area contributed by atoms with Gasteiger partial charge in [-0.1, -0.05) is 17.7 Å². The summed E-state index contributed by atoms with van der Waals surface area (Å²) in [7, 11) is 0. The van der Waals surface area contributed by atoms with Crippen molar-refractivity contribution >= 4 is 29.4 Å². The molecule has 0 bridgehead atoms. The van der Waals surface area contributed by atoms with E-state index in [0.29, 0.717) is 6.07 Å². The molecule has 0 aliphatic heterocycles. The van der Waals surface area contributed by atoms with Crippen molar-refractivity contribution in [2.75, 3.05) is 0 Å². The number of amides is 1. The summed E-state index contributed by atoms with van der Waals surface area (Å²) >= 11 is 5.78. The van der Waals surface area contributed by atoms with Crippen LogP contribution in [-0.2, 0) is 6.18 Å². The van der Waals surface area contributed by atoms with E-state index in [0.717, 1.165) is 18.3 Å². The molecule has 0 unspecified atom stereocenters. The Morgan fingerprint density at radius 1 is 1.17 bits per heavy atom. The Hall–Kier alpha value is -3.66. The average molecular weight is 438 g/mol. The minimum atomic E-state index is -4.57. The molecule has 154 valence electrons. The first-order valence-corrected chi connectivity index (χ1v) is 8.58. The molecule has 1 amide bonds. The molecule has 0 fully saturated rings. The van der Waals surface area contributed by atoms with E-state index in [4.69, 9.17) is 16.0 Å². The maximum atomic E-state index is 12.7. The zero-order valence-electron chi connectivity index (χ0n) is 14.8. The van der Waals surface area contributed by atoms with E-state index in [9.17, 15) is 28.1 Å². The number of hydrazone groups is 1. The van der Waals surface area contributed by atoms with E-state index in [1.165, 1.54) is 36.4 Å². The van der Waals surface area contributed by atoms with Crippen molar-refractivity contribution in [1.29, 1.82) is 0 Å². The van der Waals surface area contributed by atoms with Crippen LogP contribution in [0.25, 0.3) is 11.3 Å². The third-order valence-electron chi connectivity index (χ3n) is 3.86. The van der Waals surface area contributed by atoms with Crippen molar-refractivity contribution in [1.82, 2.24) is 5.43 Å². The van der Waals surface area contributed by atoms with Crippen LogP contribution < -0.4 is 5.43 Å². The van der Waals surface area contributed by atoms with Crippen molar-refractivity contribution in [3.8, 4) is 11.3 Å². The number of hydrogen-bond donors (Lipinski definition) is 1. The van der Waals surface area contributed by atoms with Crippen LogP contribution in [0, 0.1) is 10.1 Å². The van der Waals surface area contributed by atoms with Crippen molar-refractivity contribution in [2.24, 2.45) is 5.10 Å². The molecule has 30 heavy (non-hydrogen) atoms. The van der Waals surface area contributed by atoms with Gasteiger partial charge in [-0.15, -0.1) is 0 Å². The van der Waals surface area contributed by atoms with Crippen LogP contribution in [0.4, 0.5) is 18.9 Å². The number of nitro benzene ring substituents is 1. The van der Waals surface area contributed by atoms with Gasteiger partial charge >= 0.3 is 6.18 Å². The predicted octanol–water partition coefficient (Wildman–Crippen LogP) is 5.29. The minimum absolute atomic E-state index is 0.151. The molecule has 3 aromatic rings. The van der Waals surface area contributed by atoms with E-state index >= 15 is 0 Å². The fourth-order valence-electron chi connectivity index (χ4n) is 2.49. The number of nitro groups is 1. The zero-order chi connectivity index (χ0) is 21.9. The number of halogens is 4. The number of benzene rings is 2. The van der Waals surface area contributed by atoms with Crippen LogP contribution >= 0.6 is 11.6 Å². The highest BCUT2D eigenvalue weighted by molar-refractivity contribution is 6.30. The van der Waals surface area contributed by atoms with Gasteiger partial charge in [0.2, 0.25) is 0 Å². The summed E-state index contributed by atoms with van der Waals surface area (Å²) in [5, 5.41) is 15.0. The molecular weight excluding hydrogens is 427 g/mol. The van der Waals surface area contributed by atoms with E-state index < -0.39 is 22.6 Å². The highest BCUT2D eigenvalue weighted by Crippen LogP contribution is 2.33. The monoisotopic (exact) mass is 437 g/mol. The molecule has 3 rings (SSSR count). The molecule has 0 saturated heterocycles. The van der Waals surface area contributed by atoms with Gasteiger partial charge in [0, 0.05) is 16.7 Å². The second kappa shape index (κ2) is 8.37. The summed E-state index contributed by atoms with van der Waals surface area (Å²) in [6.07, 6.45) is -3.47. The summed E-state index contributed by atoms with van der Waals surface area (Å²) in [5.74, 6) is -0.528. The Morgan fingerprint density at radius 3 is 2.63 bits per heavy atom. The molecule has 7 nitrogen and oxygen atoms in total. The third-order valence-corrected chi connectivity index (χ3v) is 4.09. The standard InChI is InChI=1S/C19H11ClF3N3O4/c20-13-4-6-15(16(9-13)26(28)29)17-7-5-14(30-17)10-24-25-18(27)11-2-1-3-12(8-11)19(21,22)23/h1-10H,(H,25,27)/b24-10+. The van der Waals surface area contributed by atoms with Crippen molar-refractivity contribution < 1.29 is 27.3 Å².